The van der Waals surface area contributed by atoms with Crippen LogP contribution in [0.2, 0.25) is 0 Å². The molecular weight excluding hydrogens is 424 g/mol. The van der Waals surface area contributed by atoms with Crippen LogP contribution in [-0.4, -0.2) is 55.4 Å². The lowest BCUT2D eigenvalue weighted by Gasteiger charge is -2.13. The lowest BCUT2D eigenvalue weighted by atomic mass is 10.1. The Kier molecular flexibility index (Phi) is 5.40. The van der Waals surface area contributed by atoms with Gasteiger partial charge in [-0.2, -0.15) is 0 Å². The molecule has 3 amide bonds. The number of rotatable bonds is 7. The molecule has 1 aliphatic rings. The quantitative estimate of drug-likeness (QED) is 0.256. The molecule has 2 aromatic heterocycles. The van der Waals surface area contributed by atoms with Crippen molar-refractivity contribution in [3.8, 4) is 17.1 Å². The fraction of sp³-hybridized carbons (Fsp3) is 0.217. The first-order valence-electron chi connectivity index (χ1n) is 10.4. The van der Waals surface area contributed by atoms with Crippen LogP contribution >= 0.6 is 11.8 Å². The first-order chi connectivity index (χ1) is 15.6. The van der Waals surface area contributed by atoms with Gasteiger partial charge in [-0.25, -0.2) is 4.79 Å². The Bertz CT molecular complexity index is 1290. The smallest absolute Gasteiger partial charge is 0.324 e. The van der Waals surface area contributed by atoms with Crippen molar-refractivity contribution in [1.29, 1.82) is 0 Å². The molecule has 0 aliphatic carbocycles. The molecule has 0 bridgehead atoms. The van der Waals surface area contributed by atoms with E-state index in [1.165, 1.54) is 4.90 Å². The van der Waals surface area contributed by atoms with Crippen molar-refractivity contribution in [2.24, 2.45) is 0 Å². The number of carbonyl (C=O) groups is 2. The minimum absolute atomic E-state index is 0.0850. The van der Waals surface area contributed by atoms with Crippen LogP contribution in [-0.2, 0) is 4.79 Å². The van der Waals surface area contributed by atoms with E-state index in [1.54, 1.807) is 11.8 Å². The van der Waals surface area contributed by atoms with Gasteiger partial charge < -0.3 is 10.3 Å². The van der Waals surface area contributed by atoms with Gasteiger partial charge in [-0.1, -0.05) is 42.1 Å². The predicted octanol–water partition coefficient (Wildman–Crippen LogP) is 3.76. The van der Waals surface area contributed by atoms with Gasteiger partial charge in [0.05, 0.1) is 6.54 Å². The normalized spacial score (nSPS) is 13.8. The van der Waals surface area contributed by atoms with Crippen LogP contribution in [0.4, 0.5) is 4.79 Å². The number of carbonyl (C=O) groups excluding carboxylic acids is 2. The van der Waals surface area contributed by atoms with E-state index in [-0.39, 0.29) is 18.5 Å². The van der Waals surface area contributed by atoms with Gasteiger partial charge in [-0.3, -0.25) is 14.3 Å². The maximum Gasteiger partial charge on any atom is 0.324 e. The Morgan fingerprint density at radius 3 is 2.78 bits per heavy atom. The maximum atomic E-state index is 11.8. The number of urea groups is 1. The topological polar surface area (TPSA) is 95.9 Å². The summed E-state index contributed by atoms with van der Waals surface area (Å²) in [5.41, 5.74) is 4.17. The Morgan fingerprint density at radius 2 is 1.97 bits per heavy atom. The molecule has 5 rings (SSSR count). The third-order valence-electron chi connectivity index (χ3n) is 5.42. The number of para-hydroxylation sites is 1. The van der Waals surface area contributed by atoms with Crippen LogP contribution in [0.5, 0.6) is 0 Å². The van der Waals surface area contributed by atoms with Crippen molar-refractivity contribution in [3.63, 3.8) is 0 Å². The second-order valence-electron chi connectivity index (χ2n) is 7.63. The van der Waals surface area contributed by atoms with Gasteiger partial charge in [0.15, 0.2) is 11.0 Å². The van der Waals surface area contributed by atoms with Crippen LogP contribution in [0.1, 0.15) is 12.0 Å². The summed E-state index contributed by atoms with van der Waals surface area (Å²) >= 11 is 1.57. The molecule has 32 heavy (non-hydrogen) atoms. The number of benzene rings is 2. The van der Waals surface area contributed by atoms with E-state index in [4.69, 9.17) is 0 Å². The van der Waals surface area contributed by atoms with Crippen LogP contribution < -0.4 is 5.32 Å². The minimum Gasteiger partial charge on any atom is -0.360 e. The van der Waals surface area contributed by atoms with Crippen LogP contribution in [0.15, 0.2) is 59.9 Å². The highest BCUT2D eigenvalue weighted by atomic mass is 32.2. The third kappa shape index (κ3) is 3.75. The first-order valence-corrected chi connectivity index (χ1v) is 11.4. The van der Waals surface area contributed by atoms with Gasteiger partial charge in [0.1, 0.15) is 0 Å². The van der Waals surface area contributed by atoms with Crippen molar-refractivity contribution in [1.82, 2.24) is 30.0 Å². The third-order valence-corrected chi connectivity index (χ3v) is 6.43. The summed E-state index contributed by atoms with van der Waals surface area (Å²) in [4.78, 5) is 28.1. The summed E-state index contributed by atoms with van der Waals surface area (Å²) in [6.07, 6.45) is 2.64. The van der Waals surface area contributed by atoms with E-state index >= 15 is 0 Å². The maximum absolute atomic E-state index is 11.8. The highest BCUT2D eigenvalue weighted by molar-refractivity contribution is 7.99. The minimum atomic E-state index is -0.315. The Balaban J connectivity index is 1.44. The number of amides is 3. The van der Waals surface area contributed by atoms with Gasteiger partial charge in [0.25, 0.3) is 0 Å². The summed E-state index contributed by atoms with van der Waals surface area (Å²) in [5, 5.41) is 13.4. The van der Waals surface area contributed by atoms with Gasteiger partial charge >= 0.3 is 6.03 Å². The number of nitrogens with zero attached hydrogens (tertiary/aromatic N) is 4. The highest BCUT2D eigenvalue weighted by Crippen LogP contribution is 2.32. The Morgan fingerprint density at radius 1 is 1.09 bits per heavy atom. The van der Waals surface area contributed by atoms with Crippen molar-refractivity contribution in [2.75, 3.05) is 18.8 Å². The number of aromatic amines is 1. The Labute approximate surface area is 189 Å². The van der Waals surface area contributed by atoms with Crippen LogP contribution in [0, 0.1) is 6.92 Å². The van der Waals surface area contributed by atoms with E-state index in [0.717, 1.165) is 38.7 Å². The zero-order chi connectivity index (χ0) is 22.1. The summed E-state index contributed by atoms with van der Waals surface area (Å²) in [6.45, 7) is 2.54. The number of aromatic nitrogens is 4. The monoisotopic (exact) mass is 446 g/mol. The van der Waals surface area contributed by atoms with E-state index in [9.17, 15) is 9.59 Å². The molecule has 2 N–H and O–H groups in total. The van der Waals surface area contributed by atoms with Gasteiger partial charge in [0.2, 0.25) is 5.91 Å². The average molecular weight is 447 g/mol. The highest BCUT2D eigenvalue weighted by Gasteiger charge is 2.27. The molecule has 9 heteroatoms. The SMILES string of the molecule is Cc1cccc(-n2c(SCCCN3C(=O)CNC3=O)nnc2-c2c[nH]c3ccccc23)c1. The first kappa shape index (κ1) is 20.3. The number of imide groups is 1. The molecule has 1 aliphatic heterocycles. The molecule has 2 aromatic carbocycles. The number of fused-ring (bicyclic) bond motifs is 1. The fourth-order valence-electron chi connectivity index (χ4n) is 3.86. The number of hydrogen-bond donors (Lipinski definition) is 2. The molecule has 0 saturated carbocycles. The summed E-state index contributed by atoms with van der Waals surface area (Å²) < 4.78 is 2.07. The van der Waals surface area contributed by atoms with Gasteiger partial charge in [0, 0.05) is 40.6 Å². The van der Waals surface area contributed by atoms with Gasteiger partial charge in [-0.15, -0.1) is 10.2 Å². The molecule has 0 atom stereocenters. The zero-order valence-corrected chi connectivity index (χ0v) is 18.4. The second-order valence-corrected chi connectivity index (χ2v) is 8.70. The van der Waals surface area contributed by atoms with E-state index in [1.807, 2.05) is 36.5 Å². The lowest BCUT2D eigenvalue weighted by Crippen LogP contribution is -2.32. The van der Waals surface area contributed by atoms with E-state index in [0.29, 0.717) is 18.7 Å². The molecule has 0 radical (unpaired) electrons. The van der Waals surface area contributed by atoms with Crippen molar-refractivity contribution >= 4 is 34.6 Å². The molecule has 0 spiro atoms. The molecule has 162 valence electrons. The summed E-state index contributed by atoms with van der Waals surface area (Å²) in [5.74, 6) is 1.30. The van der Waals surface area contributed by atoms with Gasteiger partial charge in [-0.05, 0) is 37.1 Å². The fourth-order valence-corrected chi connectivity index (χ4v) is 4.74. The Hall–Kier alpha value is -3.59. The van der Waals surface area contributed by atoms with Crippen molar-refractivity contribution in [3.05, 3.63) is 60.3 Å². The summed E-state index contributed by atoms with van der Waals surface area (Å²) in [6, 6.07) is 16.0. The number of thioether (sulfide) groups is 1. The molecule has 3 heterocycles. The second kappa shape index (κ2) is 8.51. The standard InChI is InChI=1S/C23H22N6O2S/c1-15-6-4-7-16(12-15)29-21(18-13-24-19-9-3-2-8-17(18)19)26-27-23(29)32-11-5-10-28-20(30)14-25-22(28)31/h2-4,6-9,12-13,24H,5,10-11,14H2,1H3,(H,25,31). The molecular formula is C23H22N6O2S. The number of aryl methyl sites for hydroxylation is 1. The van der Waals surface area contributed by atoms with Crippen molar-refractivity contribution in [2.45, 2.75) is 18.5 Å². The number of H-pyrrole nitrogens is 1. The van der Waals surface area contributed by atoms with E-state index < -0.39 is 0 Å². The number of nitrogens with one attached hydrogen (secondary N) is 2. The molecule has 1 fully saturated rings. The molecule has 4 aromatic rings. The number of hydrogen-bond acceptors (Lipinski definition) is 5. The van der Waals surface area contributed by atoms with E-state index in [2.05, 4.69) is 50.2 Å². The van der Waals surface area contributed by atoms with Crippen LogP contribution in [0.25, 0.3) is 28.0 Å². The zero-order valence-electron chi connectivity index (χ0n) is 17.5. The predicted molar refractivity (Wildman–Crippen MR) is 124 cm³/mol. The molecule has 8 nitrogen and oxygen atoms in total. The van der Waals surface area contributed by atoms with Crippen molar-refractivity contribution < 1.29 is 9.59 Å². The van der Waals surface area contributed by atoms with Crippen LogP contribution in [0.3, 0.4) is 0 Å². The largest absolute Gasteiger partial charge is 0.360 e. The molecule has 1 saturated heterocycles. The lowest BCUT2D eigenvalue weighted by molar-refractivity contribution is -0.124. The summed E-state index contributed by atoms with van der Waals surface area (Å²) in [7, 11) is 0. The average Bonchev–Trinajstić information content (AvgIpc) is 3.49. The molecule has 0 unspecified atom stereocenters.